The third-order valence-electron chi connectivity index (χ3n) is 6.01. The lowest BCUT2D eigenvalue weighted by atomic mass is 10.3. The molecule has 3 aromatic rings. The van der Waals surface area contributed by atoms with Gasteiger partial charge in [-0.2, -0.15) is 0 Å². The van der Waals surface area contributed by atoms with Crippen molar-refractivity contribution in [3.63, 3.8) is 0 Å². The second-order valence-corrected chi connectivity index (χ2v) is 8.51. The van der Waals surface area contributed by atoms with Gasteiger partial charge in [-0.25, -0.2) is 23.1 Å². The van der Waals surface area contributed by atoms with Gasteiger partial charge in [-0.1, -0.05) is 0 Å². The molecule has 4 heterocycles. The second-order valence-electron chi connectivity index (χ2n) is 8.51. The van der Waals surface area contributed by atoms with Crippen molar-refractivity contribution >= 4 is 23.3 Å². The van der Waals surface area contributed by atoms with Crippen LogP contribution in [0, 0.1) is 11.6 Å². The van der Waals surface area contributed by atoms with Crippen LogP contribution in [-0.2, 0) is 9.47 Å². The molecule has 36 heavy (non-hydrogen) atoms. The van der Waals surface area contributed by atoms with Crippen LogP contribution in [0.2, 0.25) is 0 Å². The zero-order valence-corrected chi connectivity index (χ0v) is 20.5. The third-order valence-corrected chi connectivity index (χ3v) is 6.01. The molecule has 2 aromatic heterocycles. The van der Waals surface area contributed by atoms with Gasteiger partial charge >= 0.3 is 5.97 Å². The summed E-state index contributed by atoms with van der Waals surface area (Å²) in [6.07, 6.45) is 4.21. The summed E-state index contributed by atoms with van der Waals surface area (Å²) in [6.45, 7) is 9.07. The van der Waals surface area contributed by atoms with Crippen molar-refractivity contribution in [3.05, 3.63) is 53.7 Å². The maximum Gasteiger partial charge on any atom is 0.345 e. The molecule has 0 amide bonds. The number of benzene rings is 1. The lowest BCUT2D eigenvalue weighted by Crippen LogP contribution is -2.39. The van der Waals surface area contributed by atoms with E-state index in [1.807, 2.05) is 12.3 Å². The highest BCUT2D eigenvalue weighted by molar-refractivity contribution is 6.01. The largest absolute Gasteiger partial charge is 0.462 e. The van der Waals surface area contributed by atoms with Crippen LogP contribution in [0.3, 0.4) is 0 Å². The first-order valence-corrected chi connectivity index (χ1v) is 12.3. The molecule has 0 unspecified atom stereocenters. The molecule has 0 bridgehead atoms. The predicted octanol–water partition coefficient (Wildman–Crippen LogP) is 3.46. The summed E-state index contributed by atoms with van der Waals surface area (Å²) in [4.78, 5) is 22.0. The molecule has 0 atom stereocenters. The molecule has 5 rings (SSSR count). The average molecular weight is 505 g/mol. The van der Waals surface area contributed by atoms with E-state index in [4.69, 9.17) is 14.5 Å². The number of hydrogen-bond donors (Lipinski definition) is 1. The number of halogens is 2. The number of rotatable bonds is 7. The first kappa shape index (κ1) is 25.8. The Balaban J connectivity index is 0.000000363. The van der Waals surface area contributed by atoms with Crippen LogP contribution >= 0.6 is 0 Å². The molecule has 9 nitrogen and oxygen atoms in total. The van der Waals surface area contributed by atoms with Gasteiger partial charge in [-0.05, 0) is 50.1 Å². The Morgan fingerprint density at radius 3 is 2.39 bits per heavy atom. The minimum absolute atomic E-state index is 0. The van der Waals surface area contributed by atoms with Crippen molar-refractivity contribution in [3.8, 4) is 0 Å². The highest BCUT2D eigenvalue weighted by Gasteiger charge is 2.24. The van der Waals surface area contributed by atoms with E-state index >= 15 is 0 Å². The summed E-state index contributed by atoms with van der Waals surface area (Å²) in [5, 5.41) is 7.86. The van der Waals surface area contributed by atoms with Gasteiger partial charge in [0.1, 0.15) is 23.0 Å². The summed E-state index contributed by atoms with van der Waals surface area (Å²) < 4.78 is 36.2. The number of nitrogens with one attached hydrogen (secondary N) is 1. The fraction of sp³-hybridized carbons (Fsp3) is 0.480. The Morgan fingerprint density at radius 1 is 1.08 bits per heavy atom. The van der Waals surface area contributed by atoms with Crippen molar-refractivity contribution in [1.82, 2.24) is 19.5 Å². The molecule has 0 aliphatic carbocycles. The molecule has 196 valence electrons. The SMILES string of the molecule is CCOC(=O)c1c(NCCN2CCOCC2)nn2ccc(N3CCCC3)nc12.Fc1ccc(F)cc1.[HH]. The first-order valence-electron chi connectivity index (χ1n) is 12.3. The Morgan fingerprint density at radius 2 is 1.75 bits per heavy atom. The summed E-state index contributed by atoms with van der Waals surface area (Å²) in [5.41, 5.74) is 0.946. The number of fused-ring (bicyclic) bond motifs is 1. The smallest absolute Gasteiger partial charge is 0.345 e. The minimum Gasteiger partial charge on any atom is -0.462 e. The number of carbonyl (C=O) groups excluding carboxylic acids is 1. The molecule has 0 spiro atoms. The van der Waals surface area contributed by atoms with E-state index in [2.05, 4.69) is 20.2 Å². The number of hydrogen-bond acceptors (Lipinski definition) is 8. The van der Waals surface area contributed by atoms with Crippen molar-refractivity contribution < 1.29 is 24.5 Å². The monoisotopic (exact) mass is 504 g/mol. The number of morpholine rings is 1. The molecule has 0 saturated carbocycles. The van der Waals surface area contributed by atoms with Gasteiger partial charge in [0.15, 0.2) is 11.5 Å². The molecule has 2 aliphatic rings. The summed E-state index contributed by atoms with van der Waals surface area (Å²) in [5.74, 6) is 0.198. The van der Waals surface area contributed by atoms with Crippen LogP contribution in [-0.4, -0.2) is 84.6 Å². The molecule has 11 heteroatoms. The van der Waals surface area contributed by atoms with E-state index in [1.165, 1.54) is 12.8 Å². The van der Waals surface area contributed by atoms with E-state index in [0.29, 0.717) is 30.2 Å². The van der Waals surface area contributed by atoms with Gasteiger partial charge in [0.25, 0.3) is 0 Å². The topological polar surface area (TPSA) is 84.2 Å². The van der Waals surface area contributed by atoms with Crippen LogP contribution in [0.1, 0.15) is 31.6 Å². The normalized spacial score (nSPS) is 16.0. The Bertz CT molecular complexity index is 1110. The molecular weight excluding hydrogens is 470 g/mol. The van der Waals surface area contributed by atoms with E-state index in [-0.39, 0.29) is 1.43 Å². The zero-order valence-electron chi connectivity index (χ0n) is 20.5. The number of aromatic nitrogens is 3. The summed E-state index contributed by atoms with van der Waals surface area (Å²) >= 11 is 0. The van der Waals surface area contributed by atoms with E-state index < -0.39 is 17.6 Å². The number of anilines is 2. The Hall–Kier alpha value is -3.31. The Labute approximate surface area is 210 Å². The third kappa shape index (κ3) is 6.67. The molecule has 0 radical (unpaired) electrons. The fourth-order valence-corrected chi connectivity index (χ4v) is 4.14. The van der Waals surface area contributed by atoms with Crippen LogP contribution in [0.15, 0.2) is 36.5 Å². The fourth-order valence-electron chi connectivity index (χ4n) is 4.14. The standard InChI is InChI=1S/C19H28N6O3.C6H4F2.H2/c1-2-28-19(26)16-17(20-6-10-23-11-13-27-14-12-23)22-25-9-5-15(21-18(16)25)24-7-3-4-8-24;7-5-1-2-6(8)4-3-5;/h5,9H,2-4,6-8,10-14H2,1H3,(H,20,22);1-4H;1H. The van der Waals surface area contributed by atoms with Crippen LogP contribution < -0.4 is 10.2 Å². The number of nitrogens with zero attached hydrogens (tertiary/aromatic N) is 5. The Kier molecular flexibility index (Phi) is 9.01. The lowest BCUT2D eigenvalue weighted by Gasteiger charge is -2.26. The van der Waals surface area contributed by atoms with Gasteiger partial charge in [0.05, 0.1) is 19.8 Å². The zero-order chi connectivity index (χ0) is 25.3. The van der Waals surface area contributed by atoms with Crippen LogP contribution in [0.4, 0.5) is 20.4 Å². The van der Waals surface area contributed by atoms with Gasteiger partial charge < -0.3 is 19.7 Å². The molecular formula is C25H34F2N6O3. The molecule has 2 saturated heterocycles. The molecule has 2 fully saturated rings. The predicted molar refractivity (Wildman–Crippen MR) is 135 cm³/mol. The van der Waals surface area contributed by atoms with E-state index in [0.717, 1.165) is 76.0 Å². The number of ether oxygens (including phenoxy) is 2. The maximum atomic E-state index is 12.6. The summed E-state index contributed by atoms with van der Waals surface area (Å²) in [7, 11) is 0. The molecule has 2 aliphatic heterocycles. The van der Waals surface area contributed by atoms with E-state index in [9.17, 15) is 13.6 Å². The van der Waals surface area contributed by atoms with Gasteiger partial charge in [0.2, 0.25) is 0 Å². The number of carbonyl (C=O) groups is 1. The highest BCUT2D eigenvalue weighted by atomic mass is 19.1. The van der Waals surface area contributed by atoms with Crippen molar-refractivity contribution in [2.75, 3.05) is 69.3 Å². The highest BCUT2D eigenvalue weighted by Crippen LogP contribution is 2.24. The van der Waals surface area contributed by atoms with Crippen molar-refractivity contribution in [2.24, 2.45) is 0 Å². The first-order chi connectivity index (χ1) is 17.5. The second kappa shape index (κ2) is 12.6. The maximum absolute atomic E-state index is 12.6. The molecule has 1 aromatic carbocycles. The van der Waals surface area contributed by atoms with Gasteiger partial charge in [0, 0.05) is 46.9 Å². The van der Waals surface area contributed by atoms with Crippen molar-refractivity contribution in [2.45, 2.75) is 19.8 Å². The van der Waals surface area contributed by atoms with Crippen LogP contribution in [0.25, 0.3) is 5.65 Å². The minimum atomic E-state index is -0.411. The molecule has 1 N–H and O–H groups in total. The summed E-state index contributed by atoms with van der Waals surface area (Å²) in [6, 6.07) is 6.27. The van der Waals surface area contributed by atoms with Crippen molar-refractivity contribution in [1.29, 1.82) is 0 Å². The van der Waals surface area contributed by atoms with Crippen LogP contribution in [0.5, 0.6) is 0 Å². The van der Waals surface area contributed by atoms with E-state index in [1.54, 1.807) is 11.4 Å². The average Bonchev–Trinajstić information content (AvgIpc) is 3.55. The lowest BCUT2D eigenvalue weighted by molar-refractivity contribution is 0.0398. The quantitative estimate of drug-likeness (QED) is 0.490. The van der Waals surface area contributed by atoms with Gasteiger partial charge in [-0.3, -0.25) is 4.90 Å². The number of esters is 1. The van der Waals surface area contributed by atoms with Gasteiger partial charge in [-0.15, -0.1) is 5.10 Å².